The van der Waals surface area contributed by atoms with Crippen molar-refractivity contribution in [2.45, 2.75) is 83.6 Å². The molecule has 1 heterocycles. The molecule has 0 radical (unpaired) electrons. The van der Waals surface area contributed by atoms with Crippen LogP contribution in [0.2, 0.25) is 18.1 Å². The predicted molar refractivity (Wildman–Crippen MR) is 97.6 cm³/mol. The minimum atomic E-state index is -4.42. The van der Waals surface area contributed by atoms with E-state index in [2.05, 4.69) is 10.6 Å². The Kier molecular flexibility index (Phi) is 6.86. The number of piperidine rings is 1. The molecule has 0 aromatic rings. The molecular formula is C17H33F3N2O3Si. The third kappa shape index (κ3) is 6.42. The van der Waals surface area contributed by atoms with Crippen LogP contribution in [-0.4, -0.2) is 51.4 Å². The zero-order chi connectivity index (χ0) is 20.6. The van der Waals surface area contributed by atoms with Crippen LogP contribution in [0.15, 0.2) is 0 Å². The lowest BCUT2D eigenvalue weighted by atomic mass is 9.91. The van der Waals surface area contributed by atoms with Gasteiger partial charge in [-0.05, 0) is 38.9 Å². The van der Waals surface area contributed by atoms with Gasteiger partial charge in [-0.15, -0.1) is 0 Å². The van der Waals surface area contributed by atoms with Crippen molar-refractivity contribution >= 4 is 14.4 Å². The van der Waals surface area contributed by atoms with Gasteiger partial charge in [0, 0.05) is 13.1 Å². The van der Waals surface area contributed by atoms with E-state index in [0.717, 1.165) is 0 Å². The lowest BCUT2D eigenvalue weighted by Gasteiger charge is -2.46. The second-order valence-electron chi connectivity index (χ2n) is 9.40. The SMILES string of the molecule is CC(C)(C)OC(=O)N[C@@H]1CNC[C@H](C(F)(F)F)[C@H]1O[Si](C)(C)C(C)(C)C. The number of halogens is 3. The summed E-state index contributed by atoms with van der Waals surface area (Å²) >= 11 is 0. The van der Waals surface area contributed by atoms with Crippen LogP contribution in [0.3, 0.4) is 0 Å². The maximum atomic E-state index is 13.6. The van der Waals surface area contributed by atoms with Crippen molar-refractivity contribution in [1.29, 1.82) is 0 Å². The summed E-state index contributed by atoms with van der Waals surface area (Å²) in [7, 11) is -2.47. The number of alkyl halides is 3. The van der Waals surface area contributed by atoms with E-state index < -0.39 is 44.3 Å². The monoisotopic (exact) mass is 398 g/mol. The van der Waals surface area contributed by atoms with Crippen LogP contribution >= 0.6 is 0 Å². The second-order valence-corrected chi connectivity index (χ2v) is 14.2. The van der Waals surface area contributed by atoms with Crippen LogP contribution in [-0.2, 0) is 9.16 Å². The highest BCUT2D eigenvalue weighted by molar-refractivity contribution is 6.74. The van der Waals surface area contributed by atoms with E-state index in [1.54, 1.807) is 20.8 Å². The van der Waals surface area contributed by atoms with Crippen molar-refractivity contribution in [3.8, 4) is 0 Å². The van der Waals surface area contributed by atoms with E-state index in [9.17, 15) is 18.0 Å². The Hall–Kier alpha value is -0.803. The van der Waals surface area contributed by atoms with Crippen molar-refractivity contribution in [1.82, 2.24) is 10.6 Å². The summed E-state index contributed by atoms with van der Waals surface area (Å²) < 4.78 is 52.1. The second kappa shape index (κ2) is 7.67. The van der Waals surface area contributed by atoms with Gasteiger partial charge in [0.1, 0.15) is 5.60 Å². The Bertz CT molecular complexity index is 499. The topological polar surface area (TPSA) is 59.6 Å². The molecule has 0 bridgehead atoms. The molecule has 1 aliphatic rings. The zero-order valence-corrected chi connectivity index (χ0v) is 18.0. The van der Waals surface area contributed by atoms with Crippen LogP contribution in [0.1, 0.15) is 41.5 Å². The summed E-state index contributed by atoms with van der Waals surface area (Å²) in [4.78, 5) is 12.1. The van der Waals surface area contributed by atoms with Gasteiger partial charge in [-0.2, -0.15) is 13.2 Å². The first-order valence-electron chi connectivity index (χ1n) is 8.89. The van der Waals surface area contributed by atoms with Crippen LogP contribution in [0.4, 0.5) is 18.0 Å². The number of rotatable bonds is 3. The van der Waals surface area contributed by atoms with Crippen LogP contribution in [0.25, 0.3) is 0 Å². The van der Waals surface area contributed by atoms with Crippen molar-refractivity contribution in [3.05, 3.63) is 0 Å². The van der Waals surface area contributed by atoms with E-state index in [0.29, 0.717) is 0 Å². The highest BCUT2D eigenvalue weighted by Gasteiger charge is 2.53. The van der Waals surface area contributed by atoms with Gasteiger partial charge in [0.15, 0.2) is 8.32 Å². The van der Waals surface area contributed by atoms with Gasteiger partial charge in [0.05, 0.1) is 18.1 Å². The van der Waals surface area contributed by atoms with Crippen molar-refractivity contribution in [2.24, 2.45) is 5.92 Å². The number of hydrogen-bond acceptors (Lipinski definition) is 4. The van der Waals surface area contributed by atoms with Crippen LogP contribution in [0.5, 0.6) is 0 Å². The van der Waals surface area contributed by atoms with Gasteiger partial charge >= 0.3 is 12.3 Å². The van der Waals surface area contributed by atoms with Crippen molar-refractivity contribution < 1.29 is 27.1 Å². The highest BCUT2D eigenvalue weighted by Crippen LogP contribution is 2.41. The van der Waals surface area contributed by atoms with E-state index in [1.165, 1.54) is 0 Å². The number of alkyl carbamates (subject to hydrolysis) is 1. The Labute approximate surface area is 155 Å². The maximum Gasteiger partial charge on any atom is 0.408 e. The Morgan fingerprint density at radius 2 is 1.62 bits per heavy atom. The lowest BCUT2D eigenvalue weighted by molar-refractivity contribution is -0.204. The highest BCUT2D eigenvalue weighted by atomic mass is 28.4. The molecule has 1 amide bonds. The fourth-order valence-electron chi connectivity index (χ4n) is 2.48. The molecule has 1 saturated heterocycles. The molecule has 0 unspecified atom stereocenters. The summed E-state index contributed by atoms with van der Waals surface area (Å²) in [5.41, 5.74) is -0.731. The Morgan fingerprint density at radius 3 is 2.04 bits per heavy atom. The average Bonchev–Trinajstić information content (AvgIpc) is 2.35. The van der Waals surface area contributed by atoms with Gasteiger partial charge in [-0.3, -0.25) is 0 Å². The largest absolute Gasteiger partial charge is 0.444 e. The lowest BCUT2D eigenvalue weighted by Crippen LogP contribution is -2.64. The zero-order valence-electron chi connectivity index (χ0n) is 17.0. The summed E-state index contributed by atoms with van der Waals surface area (Å²) in [6.07, 6.45) is -6.31. The molecule has 0 aromatic heterocycles. The molecule has 154 valence electrons. The molecule has 3 atom stereocenters. The fraction of sp³-hybridized carbons (Fsp3) is 0.941. The van der Waals surface area contributed by atoms with Crippen LogP contribution in [0, 0.1) is 5.92 Å². The summed E-state index contributed by atoms with van der Waals surface area (Å²) in [5.74, 6) is -1.69. The Balaban J connectivity index is 3.07. The standard InChI is InChI=1S/C17H33F3N2O3Si/c1-15(2,3)24-14(23)22-12-10-21-9-11(17(18,19)20)13(12)25-26(7,8)16(4,5)6/h11-13,21H,9-10H2,1-8H3,(H,22,23)/t11-,12+,13+/m0/s1. The van der Waals surface area contributed by atoms with E-state index >= 15 is 0 Å². The van der Waals surface area contributed by atoms with Crippen molar-refractivity contribution in [2.75, 3.05) is 13.1 Å². The molecule has 1 rings (SSSR count). The van der Waals surface area contributed by atoms with Gasteiger partial charge in [-0.25, -0.2) is 4.79 Å². The van der Waals surface area contributed by atoms with Crippen molar-refractivity contribution in [3.63, 3.8) is 0 Å². The molecule has 1 fully saturated rings. The van der Waals surface area contributed by atoms with Crippen LogP contribution < -0.4 is 10.6 Å². The van der Waals surface area contributed by atoms with Gasteiger partial charge < -0.3 is 19.8 Å². The predicted octanol–water partition coefficient (Wildman–Crippen LogP) is 4.05. The number of amides is 1. The first-order valence-corrected chi connectivity index (χ1v) is 11.8. The molecule has 0 saturated carbocycles. The molecule has 9 heteroatoms. The average molecular weight is 399 g/mol. The number of hydrogen-bond donors (Lipinski definition) is 2. The summed E-state index contributed by atoms with van der Waals surface area (Å²) in [6.45, 7) is 14.8. The molecular weight excluding hydrogens is 365 g/mol. The van der Waals surface area contributed by atoms with Gasteiger partial charge in [-0.1, -0.05) is 20.8 Å². The summed E-state index contributed by atoms with van der Waals surface area (Å²) in [5, 5.41) is 5.09. The number of carbonyl (C=O) groups is 1. The minimum Gasteiger partial charge on any atom is -0.444 e. The first-order chi connectivity index (χ1) is 11.4. The molecule has 5 nitrogen and oxygen atoms in total. The van der Waals surface area contributed by atoms with E-state index in [-0.39, 0.29) is 18.1 Å². The molecule has 26 heavy (non-hydrogen) atoms. The van der Waals surface area contributed by atoms with E-state index in [1.807, 2.05) is 33.9 Å². The number of carbonyl (C=O) groups excluding carboxylic acids is 1. The number of ether oxygens (including phenoxy) is 1. The first kappa shape index (κ1) is 23.2. The molecule has 0 aromatic carbocycles. The minimum absolute atomic E-state index is 0.200. The molecule has 2 N–H and O–H groups in total. The third-order valence-corrected chi connectivity index (χ3v) is 9.35. The van der Waals surface area contributed by atoms with Gasteiger partial charge in [0.25, 0.3) is 0 Å². The summed E-state index contributed by atoms with van der Waals surface area (Å²) in [6, 6.07) is -0.820. The third-order valence-electron chi connectivity index (χ3n) is 4.88. The Morgan fingerprint density at radius 1 is 1.08 bits per heavy atom. The number of nitrogens with one attached hydrogen (secondary N) is 2. The molecule has 0 aliphatic carbocycles. The normalized spacial score (nSPS) is 25.7. The molecule has 1 aliphatic heterocycles. The maximum absolute atomic E-state index is 13.6. The fourth-order valence-corrected chi connectivity index (χ4v) is 3.84. The van der Waals surface area contributed by atoms with E-state index in [4.69, 9.17) is 9.16 Å². The quantitative estimate of drug-likeness (QED) is 0.704. The molecule has 0 spiro atoms. The smallest absolute Gasteiger partial charge is 0.408 e. The van der Waals surface area contributed by atoms with Gasteiger partial charge in [0.2, 0.25) is 0 Å².